The Labute approximate surface area is 161 Å². The minimum Gasteiger partial charge on any atom is -0.452 e. The number of amides is 1. The van der Waals surface area contributed by atoms with Crippen molar-refractivity contribution in [3.8, 4) is 0 Å². The fourth-order valence-electron chi connectivity index (χ4n) is 2.51. The molecule has 7 heteroatoms. The van der Waals surface area contributed by atoms with Crippen molar-refractivity contribution in [1.29, 1.82) is 0 Å². The third-order valence-corrected chi connectivity index (χ3v) is 4.00. The molecule has 2 aromatic rings. The van der Waals surface area contributed by atoms with Crippen molar-refractivity contribution >= 4 is 23.6 Å². The lowest BCUT2D eigenvalue weighted by molar-refractivity contribution is -0.142. The van der Waals surface area contributed by atoms with Crippen LogP contribution >= 0.6 is 0 Å². The Bertz CT molecular complexity index is 871. The highest BCUT2D eigenvalue weighted by Gasteiger charge is 2.29. The molecule has 4 nitrogen and oxygen atoms in total. The zero-order chi connectivity index (χ0) is 20.7. The Kier molecular flexibility index (Phi) is 6.98. The number of hydrogen-bond donors (Lipinski definition) is 1. The summed E-state index contributed by atoms with van der Waals surface area (Å²) in [5.41, 5.74) is 2.21. The zero-order valence-corrected chi connectivity index (χ0v) is 15.5. The third kappa shape index (κ3) is 5.97. The molecule has 0 atom stereocenters. The molecule has 0 saturated heterocycles. The summed E-state index contributed by atoms with van der Waals surface area (Å²) < 4.78 is 42.4. The van der Waals surface area contributed by atoms with Crippen molar-refractivity contribution < 1.29 is 27.5 Å². The lowest BCUT2D eigenvalue weighted by Gasteiger charge is -2.12. The molecule has 1 N–H and O–H groups in total. The van der Waals surface area contributed by atoms with Crippen molar-refractivity contribution in [1.82, 2.24) is 0 Å². The first-order valence-corrected chi connectivity index (χ1v) is 8.61. The van der Waals surface area contributed by atoms with Crippen LogP contribution in [0.25, 0.3) is 6.08 Å². The first-order valence-electron chi connectivity index (χ1n) is 8.61. The Morgan fingerprint density at radius 3 is 2.39 bits per heavy atom. The molecule has 0 aliphatic carbocycles. The van der Waals surface area contributed by atoms with Crippen LogP contribution in [-0.4, -0.2) is 18.5 Å². The summed E-state index contributed by atoms with van der Waals surface area (Å²) in [6.07, 6.45) is -1.30. The molecule has 1 amide bonds. The van der Waals surface area contributed by atoms with E-state index < -0.39 is 30.2 Å². The molecule has 148 valence electrons. The number of carbonyl (C=O) groups is 2. The Balaban J connectivity index is 1.88. The van der Waals surface area contributed by atoms with E-state index in [4.69, 9.17) is 4.74 Å². The lowest BCUT2D eigenvalue weighted by Crippen LogP contribution is -2.21. The second-order valence-electron chi connectivity index (χ2n) is 6.07. The molecule has 0 heterocycles. The van der Waals surface area contributed by atoms with E-state index in [-0.39, 0.29) is 0 Å². The standard InChI is InChI=1S/C21H20F3NO3/c1-3-16-6-4-5-14(2)20(16)25-18(26)13-28-19(27)12-9-15-7-10-17(11-8-15)21(22,23)24/h4-12H,3,13H2,1-2H3,(H,25,26)/b12-9+. The molecule has 0 aliphatic rings. The summed E-state index contributed by atoms with van der Waals surface area (Å²) >= 11 is 0. The number of para-hydroxylation sites is 1. The highest BCUT2D eigenvalue weighted by molar-refractivity contribution is 5.95. The van der Waals surface area contributed by atoms with E-state index in [2.05, 4.69) is 5.32 Å². The average Bonchev–Trinajstić information content (AvgIpc) is 2.66. The molecule has 0 spiro atoms. The van der Waals surface area contributed by atoms with E-state index in [0.29, 0.717) is 11.3 Å². The first-order chi connectivity index (χ1) is 13.2. The number of carbonyl (C=O) groups excluding carboxylic acids is 2. The predicted molar refractivity (Wildman–Crippen MR) is 101 cm³/mol. The number of halogens is 3. The maximum atomic E-state index is 12.5. The largest absolute Gasteiger partial charge is 0.452 e. The van der Waals surface area contributed by atoms with Gasteiger partial charge >= 0.3 is 12.1 Å². The van der Waals surface area contributed by atoms with Gasteiger partial charge < -0.3 is 10.1 Å². The minimum absolute atomic E-state index is 0.405. The second-order valence-corrected chi connectivity index (χ2v) is 6.07. The van der Waals surface area contributed by atoms with Crippen LogP contribution in [0.3, 0.4) is 0 Å². The van der Waals surface area contributed by atoms with Crippen LogP contribution in [-0.2, 0) is 26.9 Å². The number of benzene rings is 2. The molecular weight excluding hydrogens is 371 g/mol. The maximum Gasteiger partial charge on any atom is 0.416 e. The smallest absolute Gasteiger partial charge is 0.416 e. The number of esters is 1. The number of ether oxygens (including phenoxy) is 1. The molecule has 2 rings (SSSR count). The van der Waals surface area contributed by atoms with Crippen LogP contribution in [0.2, 0.25) is 0 Å². The summed E-state index contributed by atoms with van der Waals surface area (Å²) in [4.78, 5) is 23.7. The van der Waals surface area contributed by atoms with E-state index in [0.717, 1.165) is 35.8 Å². The average molecular weight is 391 g/mol. The summed E-state index contributed by atoms with van der Waals surface area (Å²) in [6.45, 7) is 3.37. The van der Waals surface area contributed by atoms with Gasteiger partial charge in [-0.3, -0.25) is 4.79 Å². The van der Waals surface area contributed by atoms with Gasteiger partial charge in [-0.25, -0.2) is 4.79 Å². The van der Waals surface area contributed by atoms with Crippen molar-refractivity contribution in [3.05, 3.63) is 70.8 Å². The van der Waals surface area contributed by atoms with Crippen molar-refractivity contribution in [3.63, 3.8) is 0 Å². The quantitative estimate of drug-likeness (QED) is 0.570. The van der Waals surface area contributed by atoms with Crippen LogP contribution in [0.15, 0.2) is 48.5 Å². The summed E-state index contributed by atoms with van der Waals surface area (Å²) in [5.74, 6) is -1.24. The molecule has 0 aromatic heterocycles. The molecule has 0 unspecified atom stereocenters. The van der Waals surface area contributed by atoms with Gasteiger partial charge in [0.1, 0.15) is 0 Å². The van der Waals surface area contributed by atoms with E-state index in [9.17, 15) is 22.8 Å². The number of aryl methyl sites for hydroxylation is 2. The van der Waals surface area contributed by atoms with E-state index in [1.54, 1.807) is 0 Å². The molecule has 0 aliphatic heterocycles. The number of rotatable bonds is 6. The Morgan fingerprint density at radius 1 is 1.11 bits per heavy atom. The van der Waals surface area contributed by atoms with Crippen molar-refractivity contribution in [2.45, 2.75) is 26.4 Å². The van der Waals surface area contributed by atoms with Gasteiger partial charge in [-0.05, 0) is 48.2 Å². The van der Waals surface area contributed by atoms with Gasteiger partial charge in [-0.2, -0.15) is 13.2 Å². The van der Waals surface area contributed by atoms with Gasteiger partial charge in [0.2, 0.25) is 0 Å². The number of alkyl halides is 3. The topological polar surface area (TPSA) is 55.4 Å². The van der Waals surface area contributed by atoms with Crippen LogP contribution in [0.4, 0.5) is 18.9 Å². The fourth-order valence-corrected chi connectivity index (χ4v) is 2.51. The normalized spacial score (nSPS) is 11.5. The van der Waals surface area contributed by atoms with Crippen LogP contribution in [0.5, 0.6) is 0 Å². The minimum atomic E-state index is -4.41. The Morgan fingerprint density at radius 2 is 1.79 bits per heavy atom. The van der Waals surface area contributed by atoms with Gasteiger partial charge in [0, 0.05) is 11.8 Å². The van der Waals surface area contributed by atoms with E-state index in [1.165, 1.54) is 18.2 Å². The SMILES string of the molecule is CCc1cccc(C)c1NC(=O)COC(=O)/C=C/c1ccc(C(F)(F)F)cc1. The van der Waals surface area contributed by atoms with Crippen LogP contribution in [0, 0.1) is 6.92 Å². The van der Waals surface area contributed by atoms with E-state index in [1.807, 2.05) is 32.0 Å². The fraction of sp³-hybridized carbons (Fsp3) is 0.238. The summed E-state index contributed by atoms with van der Waals surface area (Å²) in [5, 5.41) is 2.73. The van der Waals surface area contributed by atoms with Gasteiger partial charge in [0.25, 0.3) is 5.91 Å². The lowest BCUT2D eigenvalue weighted by atomic mass is 10.1. The first kappa shape index (κ1) is 21.2. The van der Waals surface area contributed by atoms with Gasteiger partial charge in [0.15, 0.2) is 6.61 Å². The molecule has 0 radical (unpaired) electrons. The highest BCUT2D eigenvalue weighted by Crippen LogP contribution is 2.29. The molecule has 0 fully saturated rings. The summed E-state index contributed by atoms with van der Waals surface area (Å²) in [6, 6.07) is 10.00. The highest BCUT2D eigenvalue weighted by atomic mass is 19.4. The van der Waals surface area contributed by atoms with E-state index >= 15 is 0 Å². The Hall–Kier alpha value is -3.09. The number of hydrogen-bond acceptors (Lipinski definition) is 3. The molecule has 28 heavy (non-hydrogen) atoms. The van der Waals surface area contributed by atoms with Gasteiger partial charge in [-0.1, -0.05) is 37.3 Å². The van der Waals surface area contributed by atoms with Gasteiger partial charge in [-0.15, -0.1) is 0 Å². The molecule has 2 aromatic carbocycles. The number of anilines is 1. The van der Waals surface area contributed by atoms with Crippen LogP contribution < -0.4 is 5.32 Å². The summed E-state index contributed by atoms with van der Waals surface area (Å²) in [7, 11) is 0. The van der Waals surface area contributed by atoms with Gasteiger partial charge in [0.05, 0.1) is 5.56 Å². The monoisotopic (exact) mass is 391 g/mol. The zero-order valence-electron chi connectivity index (χ0n) is 15.5. The van der Waals surface area contributed by atoms with Crippen molar-refractivity contribution in [2.24, 2.45) is 0 Å². The maximum absolute atomic E-state index is 12.5. The molecule has 0 bridgehead atoms. The number of nitrogens with one attached hydrogen (secondary N) is 1. The third-order valence-electron chi connectivity index (χ3n) is 4.00. The van der Waals surface area contributed by atoms with Crippen molar-refractivity contribution in [2.75, 3.05) is 11.9 Å². The van der Waals surface area contributed by atoms with Crippen LogP contribution in [0.1, 0.15) is 29.2 Å². The predicted octanol–water partition coefficient (Wildman–Crippen LogP) is 4.77. The molecular formula is C21H20F3NO3. The molecule has 0 saturated carbocycles. The second kappa shape index (κ2) is 9.21.